The molecular weight excluding hydrogens is 884 g/mol. The minimum absolute atomic E-state index is 0. The van der Waals surface area contributed by atoms with Crippen LogP contribution in [0.15, 0.2) is 0 Å². The second kappa shape index (κ2) is 48.2. The normalized spacial score (nSPS) is 13.2. The number of rotatable bonds is 47. The summed E-state index contributed by atoms with van der Waals surface area (Å²) in [4.78, 5) is 24.6. The van der Waals surface area contributed by atoms with Crippen molar-refractivity contribution in [1.29, 1.82) is 0 Å². The van der Waals surface area contributed by atoms with Crippen LogP contribution in [-0.4, -0.2) is 111 Å². The maximum absolute atomic E-state index is 12.3. The first-order chi connectivity index (χ1) is 28.2. The number of esters is 2. The van der Waals surface area contributed by atoms with E-state index in [4.69, 9.17) is 9.47 Å². The van der Waals surface area contributed by atoms with Crippen molar-refractivity contribution in [1.82, 2.24) is 0 Å². The highest BCUT2D eigenvalue weighted by Gasteiger charge is 2.22. The molecule has 0 aliphatic heterocycles. The number of likely N-dealkylation sites (N-methyl/N-ethyl adjacent to an activating group) is 2. The van der Waals surface area contributed by atoms with E-state index in [-0.39, 0.29) is 59.1 Å². The van der Waals surface area contributed by atoms with E-state index in [2.05, 4.69) is 27.9 Å². The average Bonchev–Trinajstić information content (AvgIpc) is 3.19. The average molecular weight is 987 g/mol. The highest BCUT2D eigenvalue weighted by Crippen LogP contribution is 2.16. The molecule has 0 aromatic carbocycles. The fourth-order valence-electron chi connectivity index (χ4n) is 8.33. The Morgan fingerprint density at radius 1 is 0.350 bits per heavy atom. The minimum atomic E-state index is -0.0646. The lowest BCUT2D eigenvalue weighted by molar-refractivity contribution is -0.910. The third kappa shape index (κ3) is 44.4. The summed E-state index contributed by atoms with van der Waals surface area (Å²) in [5.41, 5.74) is 0. The Morgan fingerprint density at radius 3 is 0.833 bits per heavy atom. The van der Waals surface area contributed by atoms with E-state index in [9.17, 15) is 19.8 Å². The minimum Gasteiger partial charge on any atom is -1.00 e. The SMILES string of the molecule is CCCCCCCCCCCCCC(=O)OCC[N+](C)(CCO)CCCCCCCCCCCC[N+](C)(CCO)CCOC(=O)CCCCCCCCCCCCC.[Br-].[Br-]. The van der Waals surface area contributed by atoms with Gasteiger partial charge in [0, 0.05) is 12.8 Å². The van der Waals surface area contributed by atoms with Gasteiger partial charge in [0.2, 0.25) is 0 Å². The Morgan fingerprint density at radius 2 is 0.583 bits per heavy atom. The lowest BCUT2D eigenvalue weighted by Crippen LogP contribution is -3.00. The van der Waals surface area contributed by atoms with Gasteiger partial charge in [-0.05, 0) is 38.5 Å². The lowest BCUT2D eigenvalue weighted by atomic mass is 10.1. The van der Waals surface area contributed by atoms with Crippen LogP contribution in [0.4, 0.5) is 0 Å². The molecule has 0 aliphatic rings. The smallest absolute Gasteiger partial charge is 0.305 e. The van der Waals surface area contributed by atoms with Gasteiger partial charge < -0.3 is 62.6 Å². The van der Waals surface area contributed by atoms with E-state index in [1.165, 1.54) is 167 Å². The molecule has 0 amide bonds. The Hall–Kier alpha value is -0.260. The summed E-state index contributed by atoms with van der Waals surface area (Å²) in [6.45, 7) is 10.8. The van der Waals surface area contributed by atoms with Gasteiger partial charge in [0.1, 0.15) is 39.4 Å². The molecule has 2 unspecified atom stereocenters. The Labute approximate surface area is 394 Å². The number of unbranched alkanes of at least 4 members (excludes halogenated alkanes) is 29. The number of carbonyl (C=O) groups is 2. The molecule has 2 N–H and O–H groups in total. The van der Waals surface area contributed by atoms with Gasteiger partial charge in [-0.3, -0.25) is 9.59 Å². The highest BCUT2D eigenvalue weighted by molar-refractivity contribution is 5.69. The molecule has 0 saturated heterocycles. The molecule has 0 bridgehead atoms. The van der Waals surface area contributed by atoms with Crippen molar-refractivity contribution in [3.8, 4) is 0 Å². The van der Waals surface area contributed by atoms with Gasteiger partial charge >= 0.3 is 11.9 Å². The molecule has 0 saturated carbocycles. The summed E-state index contributed by atoms with van der Waals surface area (Å²) in [6.07, 6.45) is 41.6. The Kier molecular flexibility index (Phi) is 51.4. The number of aliphatic hydroxyl groups excluding tert-OH is 2. The van der Waals surface area contributed by atoms with Crippen LogP contribution < -0.4 is 34.0 Å². The summed E-state index contributed by atoms with van der Waals surface area (Å²) >= 11 is 0. The molecule has 0 fully saturated rings. The van der Waals surface area contributed by atoms with Crippen LogP contribution in [0.2, 0.25) is 0 Å². The number of hydrogen-bond acceptors (Lipinski definition) is 6. The number of hydrogen-bond donors (Lipinski definition) is 2. The zero-order chi connectivity index (χ0) is 42.7. The molecule has 0 aliphatic carbocycles. The van der Waals surface area contributed by atoms with Crippen LogP contribution in [0, 0.1) is 0 Å². The zero-order valence-electron chi connectivity index (χ0n) is 40.3. The molecule has 8 nitrogen and oxygen atoms in total. The maximum atomic E-state index is 12.3. The van der Waals surface area contributed by atoms with Crippen molar-refractivity contribution < 1.29 is 72.2 Å². The van der Waals surface area contributed by atoms with Crippen LogP contribution in [0.25, 0.3) is 0 Å². The summed E-state index contributed by atoms with van der Waals surface area (Å²) in [5.74, 6) is -0.129. The van der Waals surface area contributed by atoms with E-state index in [1.54, 1.807) is 0 Å². The maximum Gasteiger partial charge on any atom is 0.305 e. The van der Waals surface area contributed by atoms with E-state index in [0.29, 0.717) is 39.1 Å². The largest absolute Gasteiger partial charge is 1.00 e. The number of aliphatic hydroxyl groups is 2. The molecule has 60 heavy (non-hydrogen) atoms. The van der Waals surface area contributed by atoms with Gasteiger partial charge in [0.15, 0.2) is 0 Å². The van der Waals surface area contributed by atoms with Gasteiger partial charge in [0.05, 0.1) is 40.4 Å². The van der Waals surface area contributed by atoms with E-state index in [0.717, 1.165) is 73.7 Å². The lowest BCUT2D eigenvalue weighted by Gasteiger charge is -2.34. The van der Waals surface area contributed by atoms with Crippen LogP contribution >= 0.6 is 0 Å². The number of ether oxygens (including phenoxy) is 2. The predicted octanol–water partition coefficient (Wildman–Crippen LogP) is 6.26. The fourth-order valence-corrected chi connectivity index (χ4v) is 8.33. The standard InChI is InChI=1S/C50H102N2O6.2BrH/c1-5-7-9-11-13-15-17-21-25-29-33-37-49(55)57-47-43-51(3,41-45-53)39-35-31-27-23-19-20-24-28-32-36-40-52(4,42-46-54)44-48-58-50(56)38-34-30-26-22-18-16-14-12-10-8-6-2;;/h53-54H,5-48H2,1-4H3;2*1H/q+2;;/p-2. The predicted molar refractivity (Wildman–Crippen MR) is 246 cm³/mol. The topological polar surface area (TPSA) is 93.1 Å². The summed E-state index contributed by atoms with van der Waals surface area (Å²) < 4.78 is 12.7. The summed E-state index contributed by atoms with van der Waals surface area (Å²) in [7, 11) is 4.38. The third-order valence-corrected chi connectivity index (χ3v) is 12.7. The van der Waals surface area contributed by atoms with Crippen molar-refractivity contribution in [2.75, 3.05) is 79.8 Å². The monoisotopic (exact) mass is 985 g/mol. The highest BCUT2D eigenvalue weighted by atomic mass is 79.9. The van der Waals surface area contributed by atoms with Gasteiger partial charge in [-0.2, -0.15) is 0 Å². The van der Waals surface area contributed by atoms with Crippen molar-refractivity contribution in [2.45, 2.75) is 232 Å². The molecule has 0 spiro atoms. The van der Waals surface area contributed by atoms with Crippen molar-refractivity contribution >= 4 is 11.9 Å². The van der Waals surface area contributed by atoms with Crippen molar-refractivity contribution in [2.24, 2.45) is 0 Å². The first kappa shape index (κ1) is 64.0. The van der Waals surface area contributed by atoms with Gasteiger partial charge in [-0.1, -0.05) is 181 Å². The number of halogens is 2. The van der Waals surface area contributed by atoms with Crippen LogP contribution in [-0.2, 0) is 19.1 Å². The van der Waals surface area contributed by atoms with Gasteiger partial charge in [-0.15, -0.1) is 0 Å². The number of nitrogens with zero attached hydrogens (tertiary/aromatic N) is 2. The molecule has 2 atom stereocenters. The van der Waals surface area contributed by atoms with Crippen LogP contribution in [0.5, 0.6) is 0 Å². The van der Waals surface area contributed by atoms with Gasteiger partial charge in [0.25, 0.3) is 0 Å². The molecule has 10 heteroatoms. The summed E-state index contributed by atoms with van der Waals surface area (Å²) in [6, 6.07) is 0. The molecular formula is C50H102Br2N2O6. The zero-order valence-corrected chi connectivity index (χ0v) is 43.5. The number of carbonyl (C=O) groups excluding carboxylic acids is 2. The third-order valence-electron chi connectivity index (χ3n) is 12.7. The second-order valence-electron chi connectivity index (χ2n) is 18.6. The second-order valence-corrected chi connectivity index (χ2v) is 18.6. The molecule has 0 heterocycles. The van der Waals surface area contributed by atoms with E-state index in [1.807, 2.05) is 0 Å². The van der Waals surface area contributed by atoms with Crippen LogP contribution in [0.1, 0.15) is 232 Å². The molecule has 362 valence electrons. The number of quaternary nitrogens is 2. The fraction of sp³-hybridized carbons (Fsp3) is 0.960. The Bertz CT molecular complexity index is 833. The Balaban J connectivity index is -0.0000162. The van der Waals surface area contributed by atoms with E-state index < -0.39 is 0 Å². The molecule has 0 radical (unpaired) electrons. The first-order valence-electron chi connectivity index (χ1n) is 25.4. The van der Waals surface area contributed by atoms with Crippen molar-refractivity contribution in [3.05, 3.63) is 0 Å². The van der Waals surface area contributed by atoms with Crippen LogP contribution in [0.3, 0.4) is 0 Å². The van der Waals surface area contributed by atoms with Gasteiger partial charge in [-0.25, -0.2) is 0 Å². The summed E-state index contributed by atoms with van der Waals surface area (Å²) in [5, 5.41) is 19.4. The van der Waals surface area contributed by atoms with Crippen molar-refractivity contribution in [3.63, 3.8) is 0 Å². The first-order valence-corrected chi connectivity index (χ1v) is 25.4. The van der Waals surface area contributed by atoms with E-state index >= 15 is 0 Å². The molecule has 0 aromatic heterocycles. The quantitative estimate of drug-likeness (QED) is 0.0426. The molecule has 0 rings (SSSR count). The molecule has 0 aromatic rings.